The summed E-state index contributed by atoms with van der Waals surface area (Å²) in [5.74, 6) is 0.387. The maximum Gasteiger partial charge on any atom is 0.253 e. The van der Waals surface area contributed by atoms with E-state index >= 15 is 0 Å². The molecule has 29 heavy (non-hydrogen) atoms. The van der Waals surface area contributed by atoms with Crippen molar-refractivity contribution in [2.24, 2.45) is 0 Å². The van der Waals surface area contributed by atoms with Crippen molar-refractivity contribution < 1.29 is 14.3 Å². The zero-order valence-electron chi connectivity index (χ0n) is 16.0. The number of carbonyl (C=O) groups is 2. The van der Waals surface area contributed by atoms with Gasteiger partial charge in [0.1, 0.15) is 5.02 Å². The highest BCUT2D eigenvalue weighted by Crippen LogP contribution is 2.23. The molecule has 0 bridgehead atoms. The number of carbonyl (C=O) groups excluding carboxylic acids is 2. The van der Waals surface area contributed by atoms with Crippen molar-refractivity contribution in [3.63, 3.8) is 0 Å². The number of nitrogens with zero attached hydrogens (tertiary/aromatic N) is 3. The number of halogens is 1. The average molecular weight is 416 g/mol. The number of benzene rings is 1. The number of hydrogen-bond donors (Lipinski definition) is 2. The fourth-order valence-electron chi connectivity index (χ4n) is 2.98. The molecule has 1 aromatic carbocycles. The van der Waals surface area contributed by atoms with Crippen LogP contribution < -0.4 is 15.4 Å². The number of aromatic nitrogens is 2. The van der Waals surface area contributed by atoms with Gasteiger partial charge in [-0.05, 0) is 43.7 Å². The largest absolute Gasteiger partial charge is 0.477 e. The summed E-state index contributed by atoms with van der Waals surface area (Å²) >= 11 is 6.01. The van der Waals surface area contributed by atoms with Crippen LogP contribution >= 0.6 is 11.6 Å². The van der Waals surface area contributed by atoms with Gasteiger partial charge in [0.05, 0.1) is 12.8 Å². The van der Waals surface area contributed by atoms with Gasteiger partial charge in [0.2, 0.25) is 17.7 Å². The number of amides is 2. The second-order valence-corrected chi connectivity index (χ2v) is 6.84. The Balaban J connectivity index is 1.59. The zero-order chi connectivity index (χ0) is 20.8. The molecule has 8 nitrogen and oxygen atoms in total. The molecule has 0 spiro atoms. The summed E-state index contributed by atoms with van der Waals surface area (Å²) in [7, 11) is 0. The van der Waals surface area contributed by atoms with Crippen LogP contribution in [0.5, 0.6) is 5.88 Å². The Hall–Kier alpha value is -3.13. The summed E-state index contributed by atoms with van der Waals surface area (Å²) in [5, 5.41) is 6.24. The van der Waals surface area contributed by atoms with Crippen molar-refractivity contribution in [3.8, 4) is 5.88 Å². The zero-order valence-corrected chi connectivity index (χ0v) is 16.8. The summed E-state index contributed by atoms with van der Waals surface area (Å²) in [6, 6.07) is 6.80. The van der Waals surface area contributed by atoms with Crippen molar-refractivity contribution in [1.29, 1.82) is 0 Å². The van der Waals surface area contributed by atoms with Crippen LogP contribution in [0.4, 0.5) is 11.6 Å². The van der Waals surface area contributed by atoms with Crippen LogP contribution in [-0.2, 0) is 4.79 Å². The highest BCUT2D eigenvalue weighted by Gasteiger charge is 2.27. The highest BCUT2D eigenvalue weighted by atomic mass is 35.5. The van der Waals surface area contributed by atoms with E-state index in [0.29, 0.717) is 47.8 Å². The number of ether oxygens (including phenoxy) is 1. The van der Waals surface area contributed by atoms with Gasteiger partial charge in [-0.2, -0.15) is 4.98 Å². The molecule has 1 saturated heterocycles. The Morgan fingerprint density at radius 3 is 2.83 bits per heavy atom. The summed E-state index contributed by atoms with van der Waals surface area (Å²) < 4.78 is 5.38. The molecular formula is C20H22ClN5O3. The summed E-state index contributed by atoms with van der Waals surface area (Å²) in [6.07, 6.45) is 3.46. The maximum atomic E-state index is 12.7. The fraction of sp³-hybridized carbons (Fsp3) is 0.300. The second kappa shape index (κ2) is 9.38. The predicted molar refractivity (Wildman–Crippen MR) is 111 cm³/mol. The lowest BCUT2D eigenvalue weighted by molar-refractivity contribution is -0.111. The minimum atomic E-state index is -0.297. The van der Waals surface area contributed by atoms with E-state index < -0.39 is 0 Å². The molecule has 2 aromatic rings. The van der Waals surface area contributed by atoms with Gasteiger partial charge in [0.15, 0.2) is 0 Å². The monoisotopic (exact) mass is 415 g/mol. The molecule has 1 unspecified atom stereocenters. The van der Waals surface area contributed by atoms with Crippen LogP contribution in [0.3, 0.4) is 0 Å². The molecule has 9 heteroatoms. The molecule has 1 aromatic heterocycles. The Morgan fingerprint density at radius 2 is 2.14 bits per heavy atom. The number of nitrogens with one attached hydrogen (secondary N) is 2. The first kappa shape index (κ1) is 20.6. The Labute approximate surface area is 173 Å². The molecule has 0 saturated carbocycles. The van der Waals surface area contributed by atoms with E-state index in [4.69, 9.17) is 16.3 Å². The molecule has 1 aliphatic heterocycles. The van der Waals surface area contributed by atoms with E-state index in [-0.39, 0.29) is 17.9 Å². The molecule has 152 valence electrons. The van der Waals surface area contributed by atoms with Gasteiger partial charge in [0, 0.05) is 30.4 Å². The van der Waals surface area contributed by atoms with Gasteiger partial charge < -0.3 is 20.3 Å². The molecule has 1 fully saturated rings. The summed E-state index contributed by atoms with van der Waals surface area (Å²) in [6.45, 7) is 6.87. The quantitative estimate of drug-likeness (QED) is 0.675. The Morgan fingerprint density at radius 1 is 1.38 bits per heavy atom. The lowest BCUT2D eigenvalue weighted by atomic mass is 10.2. The van der Waals surface area contributed by atoms with Crippen molar-refractivity contribution in [2.45, 2.75) is 19.4 Å². The maximum absolute atomic E-state index is 12.7. The Bertz CT molecular complexity index is 903. The van der Waals surface area contributed by atoms with Crippen molar-refractivity contribution in [3.05, 3.63) is 53.7 Å². The van der Waals surface area contributed by atoms with Gasteiger partial charge in [-0.25, -0.2) is 4.98 Å². The van der Waals surface area contributed by atoms with E-state index in [1.807, 2.05) is 6.92 Å². The van der Waals surface area contributed by atoms with Crippen LogP contribution in [0.2, 0.25) is 5.02 Å². The van der Waals surface area contributed by atoms with Gasteiger partial charge >= 0.3 is 0 Å². The van der Waals surface area contributed by atoms with Gasteiger partial charge in [0.25, 0.3) is 5.91 Å². The lowest BCUT2D eigenvalue weighted by Crippen LogP contribution is -2.31. The summed E-state index contributed by atoms with van der Waals surface area (Å²) in [5.41, 5.74) is 1.17. The number of likely N-dealkylation sites (tertiary alicyclic amines) is 1. The number of hydrogen-bond acceptors (Lipinski definition) is 6. The lowest BCUT2D eigenvalue weighted by Gasteiger charge is -2.17. The molecule has 0 aliphatic carbocycles. The van der Waals surface area contributed by atoms with Crippen LogP contribution in [-0.4, -0.2) is 52.4 Å². The topological polar surface area (TPSA) is 96.5 Å². The molecule has 2 amide bonds. The first-order valence-corrected chi connectivity index (χ1v) is 9.62. The molecule has 2 N–H and O–H groups in total. The van der Waals surface area contributed by atoms with Crippen molar-refractivity contribution >= 4 is 35.1 Å². The fourth-order valence-corrected chi connectivity index (χ4v) is 3.12. The van der Waals surface area contributed by atoms with E-state index in [0.717, 1.165) is 6.42 Å². The highest BCUT2D eigenvalue weighted by molar-refractivity contribution is 6.31. The smallest absolute Gasteiger partial charge is 0.253 e. The third-order valence-corrected chi connectivity index (χ3v) is 4.65. The Kier molecular flexibility index (Phi) is 6.66. The standard InChI is InChI=1S/C20H22ClN5O3/c1-3-17(27)23-14-7-5-13(6-8-14)19(28)26-10-9-15(12-26)24-20-22-11-16(21)18(25-20)29-4-2/h3,5-8,11,15H,1,4,9-10,12H2,2H3,(H,23,27)(H,22,24,25). The SMILES string of the molecule is C=CC(=O)Nc1ccc(C(=O)N2CCC(Nc3ncc(Cl)c(OCC)n3)C2)cc1. The molecule has 1 atom stereocenters. The van der Waals surface area contributed by atoms with Crippen LogP contribution in [0, 0.1) is 0 Å². The van der Waals surface area contributed by atoms with Crippen molar-refractivity contribution in [1.82, 2.24) is 14.9 Å². The van der Waals surface area contributed by atoms with E-state index in [1.54, 1.807) is 29.2 Å². The molecule has 0 radical (unpaired) electrons. The third-order valence-electron chi connectivity index (χ3n) is 4.39. The van der Waals surface area contributed by atoms with Crippen LogP contribution in [0.15, 0.2) is 43.1 Å². The van der Waals surface area contributed by atoms with E-state index in [1.165, 1.54) is 12.3 Å². The first-order valence-electron chi connectivity index (χ1n) is 9.24. The number of rotatable bonds is 7. The second-order valence-electron chi connectivity index (χ2n) is 6.43. The molecule has 2 heterocycles. The van der Waals surface area contributed by atoms with Crippen LogP contribution in [0.25, 0.3) is 0 Å². The van der Waals surface area contributed by atoms with Gasteiger partial charge in [-0.15, -0.1) is 0 Å². The van der Waals surface area contributed by atoms with E-state index in [2.05, 4.69) is 27.2 Å². The predicted octanol–water partition coefficient (Wildman–Crippen LogP) is 2.98. The minimum Gasteiger partial charge on any atom is -0.477 e. The molecular weight excluding hydrogens is 394 g/mol. The molecule has 3 rings (SSSR count). The minimum absolute atomic E-state index is 0.0285. The number of anilines is 2. The molecule has 1 aliphatic rings. The van der Waals surface area contributed by atoms with Gasteiger partial charge in [-0.1, -0.05) is 18.2 Å². The van der Waals surface area contributed by atoms with Gasteiger partial charge in [-0.3, -0.25) is 9.59 Å². The average Bonchev–Trinajstić information content (AvgIpc) is 3.19. The van der Waals surface area contributed by atoms with Crippen LogP contribution in [0.1, 0.15) is 23.7 Å². The van der Waals surface area contributed by atoms with E-state index in [9.17, 15) is 9.59 Å². The normalized spacial score (nSPS) is 15.7. The summed E-state index contributed by atoms with van der Waals surface area (Å²) in [4.78, 5) is 34.3. The third kappa shape index (κ3) is 5.23. The first-order chi connectivity index (χ1) is 14.0. The van der Waals surface area contributed by atoms with Crippen molar-refractivity contribution in [2.75, 3.05) is 30.3 Å².